The number of amides is 1. The molecule has 0 unspecified atom stereocenters. The van der Waals surface area contributed by atoms with E-state index in [0.717, 1.165) is 15.9 Å². The molecule has 1 amide bonds. The third-order valence-electron chi connectivity index (χ3n) is 2.44. The smallest absolute Gasteiger partial charge is 0.277 e. The minimum Gasteiger partial charge on any atom is -0.298 e. The lowest BCUT2D eigenvalue weighted by atomic mass is 10.2. The zero-order chi connectivity index (χ0) is 11.7. The molecule has 1 aliphatic heterocycles. The molecule has 16 heavy (non-hydrogen) atoms. The quantitative estimate of drug-likeness (QED) is 0.727. The SMILES string of the molecule is CC1=N/C(=C\c2cccc(Br)c2)C(=O)N1C. The molecule has 0 atom stereocenters. The third kappa shape index (κ3) is 2.07. The molecular formula is C12H11BrN2O. The maximum absolute atomic E-state index is 11.7. The average Bonchev–Trinajstić information content (AvgIpc) is 2.47. The Hall–Kier alpha value is -1.42. The number of aliphatic imine (C=N–C) groups is 1. The molecule has 0 fully saturated rings. The summed E-state index contributed by atoms with van der Waals surface area (Å²) in [4.78, 5) is 17.5. The maximum atomic E-state index is 11.7. The molecule has 0 radical (unpaired) electrons. The van der Waals surface area contributed by atoms with E-state index in [9.17, 15) is 4.79 Å². The molecule has 0 N–H and O–H groups in total. The summed E-state index contributed by atoms with van der Waals surface area (Å²) in [5, 5.41) is 0. The van der Waals surface area contributed by atoms with Gasteiger partial charge in [0, 0.05) is 11.5 Å². The second kappa shape index (κ2) is 4.22. The van der Waals surface area contributed by atoms with Crippen LogP contribution in [-0.4, -0.2) is 23.7 Å². The molecule has 0 bridgehead atoms. The summed E-state index contributed by atoms with van der Waals surface area (Å²) in [5.74, 6) is 0.670. The molecule has 3 nitrogen and oxygen atoms in total. The normalized spacial score (nSPS) is 18.2. The summed E-state index contributed by atoms with van der Waals surface area (Å²) in [6, 6.07) is 7.76. The van der Waals surface area contributed by atoms with Crippen molar-refractivity contribution in [2.24, 2.45) is 4.99 Å². The van der Waals surface area contributed by atoms with E-state index in [-0.39, 0.29) is 5.91 Å². The molecular weight excluding hydrogens is 268 g/mol. The van der Waals surface area contributed by atoms with E-state index >= 15 is 0 Å². The van der Waals surface area contributed by atoms with Crippen molar-refractivity contribution in [3.63, 3.8) is 0 Å². The van der Waals surface area contributed by atoms with Gasteiger partial charge in [-0.25, -0.2) is 4.99 Å². The number of halogens is 1. The average molecular weight is 279 g/mol. The molecule has 0 aromatic heterocycles. The van der Waals surface area contributed by atoms with Gasteiger partial charge in [0.1, 0.15) is 11.5 Å². The second-order valence-corrected chi connectivity index (χ2v) is 4.52. The maximum Gasteiger partial charge on any atom is 0.277 e. The Bertz CT molecular complexity index is 505. The summed E-state index contributed by atoms with van der Waals surface area (Å²) >= 11 is 3.39. The highest BCUT2D eigenvalue weighted by molar-refractivity contribution is 9.10. The predicted molar refractivity (Wildman–Crippen MR) is 68.0 cm³/mol. The second-order valence-electron chi connectivity index (χ2n) is 3.61. The predicted octanol–water partition coefficient (Wildman–Crippen LogP) is 2.68. The van der Waals surface area contributed by atoms with E-state index in [4.69, 9.17) is 0 Å². The largest absolute Gasteiger partial charge is 0.298 e. The number of carbonyl (C=O) groups is 1. The van der Waals surface area contributed by atoms with Crippen molar-refractivity contribution >= 4 is 33.7 Å². The Morgan fingerprint density at radius 1 is 1.44 bits per heavy atom. The monoisotopic (exact) mass is 278 g/mol. The number of amidine groups is 1. The van der Waals surface area contributed by atoms with Crippen LogP contribution in [0.1, 0.15) is 12.5 Å². The van der Waals surface area contributed by atoms with Gasteiger partial charge in [0.05, 0.1) is 0 Å². The molecule has 1 aliphatic rings. The summed E-state index contributed by atoms with van der Waals surface area (Å²) in [5.41, 5.74) is 1.45. The van der Waals surface area contributed by atoms with Gasteiger partial charge >= 0.3 is 0 Å². The van der Waals surface area contributed by atoms with Crippen LogP contribution in [-0.2, 0) is 4.79 Å². The molecule has 0 spiro atoms. The van der Waals surface area contributed by atoms with Crippen molar-refractivity contribution in [1.82, 2.24) is 4.90 Å². The Morgan fingerprint density at radius 3 is 2.75 bits per heavy atom. The molecule has 82 valence electrons. The van der Waals surface area contributed by atoms with Crippen LogP contribution in [0.2, 0.25) is 0 Å². The highest BCUT2D eigenvalue weighted by Crippen LogP contribution is 2.19. The van der Waals surface area contributed by atoms with Crippen molar-refractivity contribution in [2.75, 3.05) is 7.05 Å². The number of rotatable bonds is 1. The van der Waals surface area contributed by atoms with E-state index in [0.29, 0.717) is 5.70 Å². The lowest BCUT2D eigenvalue weighted by Gasteiger charge is -2.05. The molecule has 1 aromatic carbocycles. The Morgan fingerprint density at radius 2 is 2.19 bits per heavy atom. The van der Waals surface area contributed by atoms with Gasteiger partial charge in [-0.3, -0.25) is 9.69 Å². The number of likely N-dealkylation sites (N-methyl/N-ethyl adjacent to an activating group) is 1. The lowest BCUT2D eigenvalue weighted by molar-refractivity contribution is -0.121. The number of hydrogen-bond donors (Lipinski definition) is 0. The first kappa shape index (κ1) is 11.1. The Kier molecular flexibility index (Phi) is 2.92. The lowest BCUT2D eigenvalue weighted by Crippen LogP contribution is -2.25. The molecule has 0 saturated carbocycles. The van der Waals surface area contributed by atoms with E-state index in [2.05, 4.69) is 20.9 Å². The van der Waals surface area contributed by atoms with Gasteiger partial charge in [0.25, 0.3) is 5.91 Å². The van der Waals surface area contributed by atoms with Crippen molar-refractivity contribution < 1.29 is 4.79 Å². The van der Waals surface area contributed by atoms with Crippen LogP contribution in [0.3, 0.4) is 0 Å². The number of hydrogen-bond acceptors (Lipinski definition) is 2. The van der Waals surface area contributed by atoms with Crippen LogP contribution in [0, 0.1) is 0 Å². The van der Waals surface area contributed by atoms with Crippen LogP contribution in [0.4, 0.5) is 0 Å². The van der Waals surface area contributed by atoms with Gasteiger partial charge in [-0.15, -0.1) is 0 Å². The number of nitrogens with zero attached hydrogens (tertiary/aromatic N) is 2. The summed E-state index contributed by atoms with van der Waals surface area (Å²) < 4.78 is 0.987. The molecule has 0 saturated heterocycles. The van der Waals surface area contributed by atoms with E-state index in [1.165, 1.54) is 0 Å². The molecule has 0 aliphatic carbocycles. The minimum atomic E-state index is -0.0579. The highest BCUT2D eigenvalue weighted by atomic mass is 79.9. The molecule has 1 heterocycles. The fraction of sp³-hybridized carbons (Fsp3) is 0.167. The van der Waals surface area contributed by atoms with Crippen molar-refractivity contribution in [3.05, 3.63) is 40.0 Å². The first-order valence-electron chi connectivity index (χ1n) is 4.88. The number of benzene rings is 1. The van der Waals surface area contributed by atoms with Crippen LogP contribution in [0.15, 0.2) is 39.4 Å². The van der Waals surface area contributed by atoms with E-state index in [1.54, 1.807) is 18.0 Å². The van der Waals surface area contributed by atoms with Crippen LogP contribution >= 0.6 is 15.9 Å². The van der Waals surface area contributed by atoms with Gasteiger partial charge in [-0.2, -0.15) is 0 Å². The summed E-state index contributed by atoms with van der Waals surface area (Å²) in [7, 11) is 1.73. The van der Waals surface area contributed by atoms with Gasteiger partial charge < -0.3 is 0 Å². The van der Waals surface area contributed by atoms with Crippen LogP contribution in [0.25, 0.3) is 6.08 Å². The van der Waals surface area contributed by atoms with Gasteiger partial charge in [-0.1, -0.05) is 28.1 Å². The Labute approximate surface area is 103 Å². The molecule has 4 heteroatoms. The zero-order valence-electron chi connectivity index (χ0n) is 9.07. The fourth-order valence-corrected chi connectivity index (χ4v) is 1.88. The molecule has 1 aromatic rings. The topological polar surface area (TPSA) is 32.7 Å². The standard InChI is InChI=1S/C12H11BrN2O/c1-8-14-11(12(16)15(8)2)7-9-4-3-5-10(13)6-9/h3-7H,1-2H3/b11-7-. The van der Waals surface area contributed by atoms with E-state index in [1.807, 2.05) is 31.2 Å². The highest BCUT2D eigenvalue weighted by Gasteiger charge is 2.23. The molecule has 2 rings (SSSR count). The summed E-state index contributed by atoms with van der Waals surface area (Å²) in [6.07, 6.45) is 1.79. The first-order chi connectivity index (χ1) is 7.58. The van der Waals surface area contributed by atoms with Crippen molar-refractivity contribution in [1.29, 1.82) is 0 Å². The van der Waals surface area contributed by atoms with Gasteiger partial charge in [0.15, 0.2) is 0 Å². The van der Waals surface area contributed by atoms with Crippen LogP contribution in [0.5, 0.6) is 0 Å². The third-order valence-corrected chi connectivity index (χ3v) is 2.94. The van der Waals surface area contributed by atoms with Gasteiger partial charge in [0.2, 0.25) is 0 Å². The van der Waals surface area contributed by atoms with Crippen LogP contribution < -0.4 is 0 Å². The fourth-order valence-electron chi connectivity index (χ4n) is 1.46. The minimum absolute atomic E-state index is 0.0579. The first-order valence-corrected chi connectivity index (χ1v) is 5.68. The Balaban J connectivity index is 2.36. The number of carbonyl (C=O) groups excluding carboxylic acids is 1. The van der Waals surface area contributed by atoms with Gasteiger partial charge in [-0.05, 0) is 30.7 Å². The van der Waals surface area contributed by atoms with Crippen molar-refractivity contribution in [2.45, 2.75) is 6.92 Å². The van der Waals surface area contributed by atoms with Crippen molar-refractivity contribution in [3.8, 4) is 0 Å². The van der Waals surface area contributed by atoms with E-state index < -0.39 is 0 Å². The zero-order valence-corrected chi connectivity index (χ0v) is 10.7. The summed E-state index contributed by atoms with van der Waals surface area (Å²) in [6.45, 7) is 1.82.